The van der Waals surface area contributed by atoms with Gasteiger partial charge in [0.15, 0.2) is 0 Å². The molecule has 0 spiro atoms. The molecule has 0 radical (unpaired) electrons. The summed E-state index contributed by atoms with van der Waals surface area (Å²) < 4.78 is 1.78. The van der Waals surface area contributed by atoms with Crippen LogP contribution in [-0.2, 0) is 24.8 Å². The molecule has 1 aromatic carbocycles. The van der Waals surface area contributed by atoms with Gasteiger partial charge in [0, 0.05) is 13.1 Å². The van der Waals surface area contributed by atoms with Gasteiger partial charge in [-0.25, -0.2) is 0 Å². The number of carbonyl (C=O) groups is 1. The first-order valence-electron chi connectivity index (χ1n) is 7.66. The Balaban J connectivity index is 1.63. The first kappa shape index (κ1) is 16.4. The van der Waals surface area contributed by atoms with Crippen LogP contribution < -0.4 is 5.32 Å². The monoisotopic (exact) mass is 348 g/mol. The highest BCUT2D eigenvalue weighted by Gasteiger charge is 2.28. The van der Waals surface area contributed by atoms with Crippen LogP contribution in [0, 0.1) is 10.1 Å². The smallest absolute Gasteiger partial charge is 0.288 e. The number of nitrogens with zero attached hydrogens (tertiary/aromatic N) is 3. The quantitative estimate of drug-likeness (QED) is 0.642. The summed E-state index contributed by atoms with van der Waals surface area (Å²) in [5, 5.41) is 18.1. The number of aryl methyl sites for hydroxylation is 1. The van der Waals surface area contributed by atoms with Gasteiger partial charge in [-0.2, -0.15) is 5.10 Å². The number of aromatic nitrogens is 2. The van der Waals surface area contributed by atoms with Gasteiger partial charge in [-0.1, -0.05) is 17.7 Å². The van der Waals surface area contributed by atoms with Gasteiger partial charge in [-0.15, -0.1) is 0 Å². The van der Waals surface area contributed by atoms with Crippen molar-refractivity contribution in [3.63, 3.8) is 0 Å². The predicted molar refractivity (Wildman–Crippen MR) is 88.8 cm³/mol. The van der Waals surface area contributed by atoms with E-state index in [0.29, 0.717) is 18.0 Å². The van der Waals surface area contributed by atoms with Gasteiger partial charge in [-0.3, -0.25) is 19.6 Å². The van der Waals surface area contributed by atoms with Crippen molar-refractivity contribution >= 4 is 23.2 Å². The van der Waals surface area contributed by atoms with Gasteiger partial charge in [0.2, 0.25) is 5.91 Å². The van der Waals surface area contributed by atoms with Gasteiger partial charge < -0.3 is 5.32 Å². The Hall–Kier alpha value is -2.41. The minimum Gasteiger partial charge on any atom is -0.350 e. The van der Waals surface area contributed by atoms with Crippen LogP contribution in [-0.4, -0.2) is 20.6 Å². The zero-order chi connectivity index (χ0) is 17.3. The summed E-state index contributed by atoms with van der Waals surface area (Å²) in [4.78, 5) is 22.5. The molecule has 2 aromatic rings. The maximum absolute atomic E-state index is 12.1. The maximum atomic E-state index is 12.1. The number of amides is 1. The standard InChI is InChI=1S/C16H17ClN4O3/c1-20-15(12(8-19-20)11-3-4-11)9-18-16(22)7-10-2-5-13(17)14(6-10)21(23)24/h2,5-6,8,11H,3-4,7,9H2,1H3,(H,18,22). The lowest BCUT2D eigenvalue weighted by atomic mass is 10.1. The third-order valence-corrected chi connectivity index (χ3v) is 4.46. The van der Waals surface area contributed by atoms with Crippen molar-refractivity contribution < 1.29 is 9.72 Å². The van der Waals surface area contributed by atoms with Gasteiger partial charge in [0.05, 0.1) is 29.8 Å². The van der Waals surface area contributed by atoms with Crippen LogP contribution in [0.1, 0.15) is 35.6 Å². The summed E-state index contributed by atoms with van der Waals surface area (Å²) >= 11 is 5.77. The second-order valence-corrected chi connectivity index (χ2v) is 6.35. The van der Waals surface area contributed by atoms with E-state index in [1.54, 1.807) is 10.7 Å². The number of hydrogen-bond acceptors (Lipinski definition) is 4. The molecule has 0 saturated heterocycles. The molecule has 0 atom stereocenters. The minimum atomic E-state index is -0.554. The fourth-order valence-electron chi connectivity index (χ4n) is 2.67. The molecule has 7 nitrogen and oxygen atoms in total. The van der Waals surface area contributed by atoms with Crippen LogP contribution in [0.2, 0.25) is 5.02 Å². The molecule has 126 valence electrons. The Kier molecular flexibility index (Phi) is 4.53. The fourth-order valence-corrected chi connectivity index (χ4v) is 2.86. The van der Waals surface area contributed by atoms with Gasteiger partial charge in [-0.05, 0) is 36.0 Å². The molecule has 1 heterocycles. The van der Waals surface area contributed by atoms with Gasteiger partial charge in [0.25, 0.3) is 5.69 Å². The first-order chi connectivity index (χ1) is 11.5. The SMILES string of the molecule is Cn1ncc(C2CC2)c1CNC(=O)Cc1ccc(Cl)c([N+](=O)[O-])c1. The average Bonchev–Trinajstić information content (AvgIpc) is 3.31. The van der Waals surface area contributed by atoms with E-state index in [2.05, 4.69) is 10.4 Å². The molecule has 8 heteroatoms. The Labute approximate surface area is 143 Å². The Bertz CT molecular complexity index is 799. The van der Waals surface area contributed by atoms with Crippen LogP contribution in [0.4, 0.5) is 5.69 Å². The highest BCUT2D eigenvalue weighted by Crippen LogP contribution is 2.41. The number of benzene rings is 1. The van der Waals surface area contributed by atoms with Crippen molar-refractivity contribution in [2.45, 2.75) is 31.7 Å². The van der Waals surface area contributed by atoms with Crippen molar-refractivity contribution in [2.24, 2.45) is 7.05 Å². The van der Waals surface area contributed by atoms with E-state index in [-0.39, 0.29) is 23.0 Å². The molecule has 0 unspecified atom stereocenters. The number of nitrogens with one attached hydrogen (secondary N) is 1. The molecule has 1 aliphatic carbocycles. The molecule has 1 aromatic heterocycles. The molecule has 1 saturated carbocycles. The maximum Gasteiger partial charge on any atom is 0.288 e. The number of nitro groups is 1. The lowest BCUT2D eigenvalue weighted by Crippen LogP contribution is -2.26. The number of hydrogen-bond donors (Lipinski definition) is 1. The first-order valence-corrected chi connectivity index (χ1v) is 8.03. The molecular weight excluding hydrogens is 332 g/mol. The number of nitro benzene ring substituents is 1. The predicted octanol–water partition coefficient (Wildman–Crippen LogP) is 2.72. The van der Waals surface area contributed by atoms with E-state index < -0.39 is 4.92 Å². The Morgan fingerprint density at radius 3 is 2.92 bits per heavy atom. The van der Waals surface area contributed by atoms with Crippen molar-refractivity contribution in [3.8, 4) is 0 Å². The van der Waals surface area contributed by atoms with E-state index >= 15 is 0 Å². The summed E-state index contributed by atoms with van der Waals surface area (Å²) in [6.07, 6.45) is 4.26. The second kappa shape index (κ2) is 6.60. The second-order valence-electron chi connectivity index (χ2n) is 5.94. The van der Waals surface area contributed by atoms with E-state index in [9.17, 15) is 14.9 Å². The molecular formula is C16H17ClN4O3. The third-order valence-electron chi connectivity index (χ3n) is 4.14. The highest BCUT2D eigenvalue weighted by molar-refractivity contribution is 6.32. The third kappa shape index (κ3) is 3.56. The van der Waals surface area contributed by atoms with Crippen LogP contribution in [0.15, 0.2) is 24.4 Å². The molecule has 0 bridgehead atoms. The lowest BCUT2D eigenvalue weighted by Gasteiger charge is -2.08. The molecule has 0 aliphatic heterocycles. The van der Waals surface area contributed by atoms with E-state index in [0.717, 1.165) is 5.69 Å². The molecule has 1 N–H and O–H groups in total. The molecule has 1 aliphatic rings. The summed E-state index contributed by atoms with van der Waals surface area (Å²) in [5.41, 5.74) is 2.56. The fraction of sp³-hybridized carbons (Fsp3) is 0.375. The van der Waals surface area contributed by atoms with Crippen LogP contribution in [0.3, 0.4) is 0 Å². The summed E-state index contributed by atoms with van der Waals surface area (Å²) in [7, 11) is 1.86. The van der Waals surface area contributed by atoms with Gasteiger partial charge in [0.1, 0.15) is 5.02 Å². The minimum absolute atomic E-state index is 0.0631. The zero-order valence-electron chi connectivity index (χ0n) is 13.2. The highest BCUT2D eigenvalue weighted by atomic mass is 35.5. The van der Waals surface area contributed by atoms with E-state index in [4.69, 9.17) is 11.6 Å². The zero-order valence-corrected chi connectivity index (χ0v) is 13.9. The summed E-state index contributed by atoms with van der Waals surface area (Å²) in [6.45, 7) is 0.400. The van der Waals surface area contributed by atoms with Crippen molar-refractivity contribution in [1.82, 2.24) is 15.1 Å². The molecule has 24 heavy (non-hydrogen) atoms. The lowest BCUT2D eigenvalue weighted by molar-refractivity contribution is -0.384. The Morgan fingerprint density at radius 1 is 1.50 bits per heavy atom. The summed E-state index contributed by atoms with van der Waals surface area (Å²) in [6, 6.07) is 4.39. The normalized spacial score (nSPS) is 13.8. The molecule has 3 rings (SSSR count). The number of rotatable bonds is 6. The summed E-state index contributed by atoms with van der Waals surface area (Å²) in [5.74, 6) is 0.360. The Morgan fingerprint density at radius 2 is 2.25 bits per heavy atom. The molecule has 1 amide bonds. The van der Waals surface area contributed by atoms with Crippen LogP contribution in [0.5, 0.6) is 0 Å². The molecule has 1 fully saturated rings. The van der Waals surface area contributed by atoms with Gasteiger partial charge >= 0.3 is 0 Å². The topological polar surface area (TPSA) is 90.1 Å². The van der Waals surface area contributed by atoms with Crippen molar-refractivity contribution in [1.29, 1.82) is 0 Å². The van der Waals surface area contributed by atoms with Crippen LogP contribution >= 0.6 is 11.6 Å². The van der Waals surface area contributed by atoms with E-state index in [1.807, 2.05) is 13.2 Å². The van der Waals surface area contributed by atoms with Crippen molar-refractivity contribution in [3.05, 3.63) is 56.4 Å². The number of halogens is 1. The number of carbonyl (C=O) groups excluding carboxylic acids is 1. The van der Waals surface area contributed by atoms with Crippen LogP contribution in [0.25, 0.3) is 0 Å². The van der Waals surface area contributed by atoms with E-state index in [1.165, 1.54) is 30.5 Å². The largest absolute Gasteiger partial charge is 0.350 e. The van der Waals surface area contributed by atoms with Crippen molar-refractivity contribution in [2.75, 3.05) is 0 Å². The average molecular weight is 349 g/mol.